The Labute approximate surface area is 145 Å². The standard InChI is InChI=1S/C17H18N4O2S/c1-11-7-6-9-15(12(11)2)18-17(24)20-19-13(3)14-8-4-5-10-16(14)21(22)23/h4-10H,1-3H3,(H2,18,20,24)/b19-13-. The van der Waals surface area contributed by atoms with E-state index < -0.39 is 4.92 Å². The Hall–Kier alpha value is -2.80. The third-order valence-corrected chi connectivity index (χ3v) is 3.86. The van der Waals surface area contributed by atoms with Crippen LogP contribution < -0.4 is 10.7 Å². The lowest BCUT2D eigenvalue weighted by Gasteiger charge is -2.12. The smallest absolute Gasteiger partial charge is 0.278 e. The van der Waals surface area contributed by atoms with Crippen LogP contribution in [0.15, 0.2) is 47.6 Å². The topological polar surface area (TPSA) is 79.6 Å². The van der Waals surface area contributed by atoms with Gasteiger partial charge in [-0.2, -0.15) is 5.10 Å². The Bertz CT molecular complexity index is 818. The van der Waals surface area contributed by atoms with Crippen molar-refractivity contribution in [1.29, 1.82) is 0 Å². The number of thiocarbonyl (C=S) groups is 1. The van der Waals surface area contributed by atoms with Crippen molar-refractivity contribution in [3.05, 3.63) is 69.3 Å². The van der Waals surface area contributed by atoms with E-state index in [0.29, 0.717) is 16.4 Å². The zero-order chi connectivity index (χ0) is 17.7. The lowest BCUT2D eigenvalue weighted by Crippen LogP contribution is -2.25. The molecule has 124 valence electrons. The van der Waals surface area contributed by atoms with E-state index in [0.717, 1.165) is 16.8 Å². The molecule has 2 aromatic rings. The molecule has 0 saturated carbocycles. The molecule has 0 bridgehead atoms. The number of anilines is 1. The van der Waals surface area contributed by atoms with Gasteiger partial charge >= 0.3 is 0 Å². The minimum atomic E-state index is -0.430. The Morgan fingerprint density at radius 2 is 1.88 bits per heavy atom. The summed E-state index contributed by atoms with van der Waals surface area (Å²) in [6, 6.07) is 12.3. The maximum atomic E-state index is 11.1. The molecule has 0 aromatic heterocycles. The molecule has 0 aliphatic carbocycles. The highest BCUT2D eigenvalue weighted by atomic mass is 32.1. The number of nitrogens with one attached hydrogen (secondary N) is 2. The molecular weight excluding hydrogens is 324 g/mol. The van der Waals surface area contributed by atoms with E-state index in [1.165, 1.54) is 6.07 Å². The second-order valence-corrected chi connectivity index (χ2v) is 5.69. The molecule has 2 N–H and O–H groups in total. The second kappa shape index (κ2) is 7.65. The third kappa shape index (κ3) is 4.14. The summed E-state index contributed by atoms with van der Waals surface area (Å²) >= 11 is 5.23. The van der Waals surface area contributed by atoms with Gasteiger partial charge in [-0.3, -0.25) is 15.5 Å². The summed E-state index contributed by atoms with van der Waals surface area (Å²) in [5.41, 5.74) is 6.81. The monoisotopic (exact) mass is 342 g/mol. The summed E-state index contributed by atoms with van der Waals surface area (Å²) in [6.45, 7) is 5.71. The SMILES string of the molecule is C/C(=N/NC(=S)Nc1cccc(C)c1C)c1ccccc1[N+](=O)[O-]. The molecule has 0 saturated heterocycles. The summed E-state index contributed by atoms with van der Waals surface area (Å²) < 4.78 is 0. The molecule has 0 fully saturated rings. The van der Waals surface area contributed by atoms with Crippen LogP contribution in [0.4, 0.5) is 11.4 Å². The van der Waals surface area contributed by atoms with Crippen LogP contribution in [0.1, 0.15) is 23.6 Å². The lowest BCUT2D eigenvalue weighted by atomic mass is 10.1. The zero-order valence-corrected chi connectivity index (χ0v) is 14.5. The zero-order valence-electron chi connectivity index (χ0n) is 13.7. The van der Waals surface area contributed by atoms with E-state index in [-0.39, 0.29) is 5.69 Å². The van der Waals surface area contributed by atoms with Gasteiger partial charge in [0.1, 0.15) is 0 Å². The van der Waals surface area contributed by atoms with E-state index in [9.17, 15) is 10.1 Å². The van der Waals surface area contributed by atoms with Crippen LogP contribution in [-0.2, 0) is 0 Å². The molecular formula is C17H18N4O2S. The number of nitro benzene ring substituents is 1. The number of hydrogen-bond acceptors (Lipinski definition) is 4. The maximum absolute atomic E-state index is 11.1. The van der Waals surface area contributed by atoms with Gasteiger partial charge in [-0.15, -0.1) is 0 Å². The van der Waals surface area contributed by atoms with Gasteiger partial charge < -0.3 is 5.32 Å². The number of aryl methyl sites for hydroxylation is 1. The quantitative estimate of drug-likeness (QED) is 0.381. The highest BCUT2D eigenvalue weighted by Gasteiger charge is 2.14. The van der Waals surface area contributed by atoms with Gasteiger partial charge in [0, 0.05) is 11.8 Å². The Morgan fingerprint density at radius 1 is 1.17 bits per heavy atom. The summed E-state index contributed by atoms with van der Waals surface area (Å²) in [7, 11) is 0. The van der Waals surface area contributed by atoms with Crippen LogP contribution in [0.2, 0.25) is 0 Å². The van der Waals surface area contributed by atoms with E-state index in [1.54, 1.807) is 25.1 Å². The average molecular weight is 342 g/mol. The molecule has 0 unspecified atom stereocenters. The molecule has 24 heavy (non-hydrogen) atoms. The van der Waals surface area contributed by atoms with Crippen molar-refractivity contribution in [2.24, 2.45) is 5.10 Å². The van der Waals surface area contributed by atoms with Gasteiger partial charge in [-0.05, 0) is 56.2 Å². The van der Waals surface area contributed by atoms with Crippen molar-refractivity contribution in [2.75, 3.05) is 5.32 Å². The number of hydrogen-bond donors (Lipinski definition) is 2. The summed E-state index contributed by atoms with van der Waals surface area (Å²) in [6.07, 6.45) is 0. The molecule has 0 heterocycles. The molecule has 2 aromatic carbocycles. The lowest BCUT2D eigenvalue weighted by molar-refractivity contribution is -0.385. The van der Waals surface area contributed by atoms with E-state index in [1.807, 2.05) is 32.0 Å². The highest BCUT2D eigenvalue weighted by Crippen LogP contribution is 2.19. The predicted molar refractivity (Wildman–Crippen MR) is 101 cm³/mol. The minimum absolute atomic E-state index is 0.00829. The Morgan fingerprint density at radius 3 is 2.58 bits per heavy atom. The Balaban J connectivity index is 2.11. The van der Waals surface area contributed by atoms with Crippen LogP contribution in [0.5, 0.6) is 0 Å². The Kier molecular flexibility index (Phi) is 5.59. The first-order chi connectivity index (χ1) is 11.4. The normalized spacial score (nSPS) is 11.0. The fraction of sp³-hybridized carbons (Fsp3) is 0.176. The predicted octanol–water partition coefficient (Wildman–Crippen LogP) is 3.92. The summed E-state index contributed by atoms with van der Waals surface area (Å²) in [5, 5.41) is 18.6. The van der Waals surface area contributed by atoms with Crippen LogP contribution in [0, 0.1) is 24.0 Å². The highest BCUT2D eigenvalue weighted by molar-refractivity contribution is 7.80. The molecule has 0 atom stereocenters. The first-order valence-corrected chi connectivity index (χ1v) is 7.72. The summed E-state index contributed by atoms with van der Waals surface area (Å²) in [5.74, 6) is 0. The number of hydrazone groups is 1. The van der Waals surface area contributed by atoms with Crippen molar-refractivity contribution in [2.45, 2.75) is 20.8 Å². The largest absolute Gasteiger partial charge is 0.331 e. The fourth-order valence-electron chi connectivity index (χ4n) is 2.17. The molecule has 0 amide bonds. The van der Waals surface area contributed by atoms with Crippen molar-refractivity contribution in [3.63, 3.8) is 0 Å². The van der Waals surface area contributed by atoms with Crippen LogP contribution >= 0.6 is 12.2 Å². The van der Waals surface area contributed by atoms with Crippen molar-refractivity contribution in [3.8, 4) is 0 Å². The van der Waals surface area contributed by atoms with Gasteiger partial charge in [0.2, 0.25) is 0 Å². The number of nitrogens with zero attached hydrogens (tertiary/aromatic N) is 2. The minimum Gasteiger partial charge on any atom is -0.331 e. The van der Waals surface area contributed by atoms with E-state index >= 15 is 0 Å². The van der Waals surface area contributed by atoms with Crippen molar-refractivity contribution in [1.82, 2.24) is 5.43 Å². The summed E-state index contributed by atoms with van der Waals surface area (Å²) in [4.78, 5) is 10.6. The van der Waals surface area contributed by atoms with Gasteiger partial charge in [0.15, 0.2) is 5.11 Å². The fourth-order valence-corrected chi connectivity index (χ4v) is 2.33. The third-order valence-electron chi connectivity index (χ3n) is 3.67. The molecule has 0 aliphatic rings. The first-order valence-electron chi connectivity index (χ1n) is 7.31. The molecule has 6 nitrogen and oxygen atoms in total. The second-order valence-electron chi connectivity index (χ2n) is 5.28. The maximum Gasteiger partial charge on any atom is 0.278 e. The number of benzene rings is 2. The number of nitro groups is 1. The van der Waals surface area contributed by atoms with E-state index in [2.05, 4.69) is 15.8 Å². The van der Waals surface area contributed by atoms with Crippen LogP contribution in [-0.4, -0.2) is 15.7 Å². The van der Waals surface area contributed by atoms with Gasteiger partial charge in [0.05, 0.1) is 16.2 Å². The average Bonchev–Trinajstić information content (AvgIpc) is 2.56. The first kappa shape index (κ1) is 17.6. The number of para-hydroxylation sites is 1. The van der Waals surface area contributed by atoms with Gasteiger partial charge in [0.25, 0.3) is 5.69 Å². The van der Waals surface area contributed by atoms with Crippen LogP contribution in [0.25, 0.3) is 0 Å². The molecule has 7 heteroatoms. The molecule has 0 aliphatic heterocycles. The van der Waals surface area contributed by atoms with Crippen molar-refractivity contribution < 1.29 is 4.92 Å². The number of rotatable bonds is 4. The van der Waals surface area contributed by atoms with Crippen molar-refractivity contribution >= 4 is 34.4 Å². The van der Waals surface area contributed by atoms with E-state index in [4.69, 9.17) is 12.2 Å². The van der Waals surface area contributed by atoms with Gasteiger partial charge in [-0.25, -0.2) is 0 Å². The van der Waals surface area contributed by atoms with Crippen LogP contribution in [0.3, 0.4) is 0 Å². The van der Waals surface area contributed by atoms with Gasteiger partial charge in [-0.1, -0.05) is 24.3 Å². The molecule has 2 rings (SSSR count). The molecule has 0 radical (unpaired) electrons. The molecule has 0 spiro atoms.